The molecule has 0 amide bonds. The van der Waals surface area contributed by atoms with Crippen molar-refractivity contribution in [3.8, 4) is 0 Å². The molecule has 0 aliphatic carbocycles. The van der Waals surface area contributed by atoms with Crippen molar-refractivity contribution >= 4 is 35.9 Å². The van der Waals surface area contributed by atoms with E-state index < -0.39 is 12.6 Å². The standard InChI is InChI=1S/C16H26F3N7.HI/c1-20-14(22-8-4-16(17,18)19)21-7-3-9-25-10-12-26(13-11-25)15-23-5-2-6-24-15;/h2,5-6H,3-4,7-13H2,1H3,(H2,20,21,22);1H. The van der Waals surface area contributed by atoms with Crippen molar-refractivity contribution in [2.75, 3.05) is 57.8 Å². The smallest absolute Gasteiger partial charge is 0.356 e. The molecule has 2 N–H and O–H groups in total. The molecule has 1 fully saturated rings. The Balaban J connectivity index is 0.00000364. The summed E-state index contributed by atoms with van der Waals surface area (Å²) in [5, 5.41) is 5.72. The van der Waals surface area contributed by atoms with Crippen LogP contribution in [-0.4, -0.2) is 79.9 Å². The molecule has 0 aromatic carbocycles. The van der Waals surface area contributed by atoms with Crippen molar-refractivity contribution in [1.29, 1.82) is 0 Å². The first-order valence-electron chi connectivity index (χ1n) is 8.73. The van der Waals surface area contributed by atoms with Gasteiger partial charge in [-0.3, -0.25) is 9.89 Å². The highest BCUT2D eigenvalue weighted by molar-refractivity contribution is 14.0. The molecule has 1 aliphatic heterocycles. The van der Waals surface area contributed by atoms with Gasteiger partial charge in [-0.25, -0.2) is 9.97 Å². The van der Waals surface area contributed by atoms with Crippen molar-refractivity contribution in [2.45, 2.75) is 19.0 Å². The Labute approximate surface area is 174 Å². The number of rotatable bonds is 7. The summed E-state index contributed by atoms with van der Waals surface area (Å²) in [5.74, 6) is 1.17. The summed E-state index contributed by atoms with van der Waals surface area (Å²) in [6.07, 6.45) is -0.643. The number of hydrogen-bond acceptors (Lipinski definition) is 5. The number of nitrogens with one attached hydrogen (secondary N) is 2. The molecule has 0 saturated carbocycles. The number of piperazine rings is 1. The third-order valence-corrected chi connectivity index (χ3v) is 4.08. The largest absolute Gasteiger partial charge is 0.390 e. The summed E-state index contributed by atoms with van der Waals surface area (Å²) in [7, 11) is 1.55. The van der Waals surface area contributed by atoms with Crippen LogP contribution in [0, 0.1) is 0 Å². The fourth-order valence-corrected chi connectivity index (χ4v) is 2.68. The van der Waals surface area contributed by atoms with E-state index in [1.807, 2.05) is 0 Å². The number of hydrogen-bond donors (Lipinski definition) is 2. The summed E-state index contributed by atoms with van der Waals surface area (Å²) in [6.45, 7) is 5.07. The van der Waals surface area contributed by atoms with Gasteiger partial charge in [0, 0.05) is 58.7 Å². The van der Waals surface area contributed by atoms with Crippen molar-refractivity contribution in [3.05, 3.63) is 18.5 Å². The van der Waals surface area contributed by atoms with Gasteiger partial charge in [-0.15, -0.1) is 24.0 Å². The maximum atomic E-state index is 12.1. The fraction of sp³-hybridized carbons (Fsp3) is 0.688. The van der Waals surface area contributed by atoms with Gasteiger partial charge >= 0.3 is 6.18 Å². The number of nitrogens with zero attached hydrogens (tertiary/aromatic N) is 5. The molecule has 2 heterocycles. The lowest BCUT2D eigenvalue weighted by Gasteiger charge is -2.34. The van der Waals surface area contributed by atoms with E-state index in [4.69, 9.17) is 0 Å². The lowest BCUT2D eigenvalue weighted by Crippen LogP contribution is -2.47. The topological polar surface area (TPSA) is 68.7 Å². The molecular weight excluding hydrogens is 474 g/mol. The van der Waals surface area contributed by atoms with Crippen LogP contribution in [0.5, 0.6) is 0 Å². The Hall–Kier alpha value is -1.37. The molecule has 0 unspecified atom stereocenters. The van der Waals surface area contributed by atoms with Gasteiger partial charge in [0.25, 0.3) is 0 Å². The zero-order valence-electron chi connectivity index (χ0n) is 15.4. The van der Waals surface area contributed by atoms with E-state index in [9.17, 15) is 13.2 Å². The van der Waals surface area contributed by atoms with E-state index >= 15 is 0 Å². The highest BCUT2D eigenvalue weighted by Crippen LogP contribution is 2.18. The zero-order valence-corrected chi connectivity index (χ0v) is 17.7. The summed E-state index contributed by atoms with van der Waals surface area (Å²) < 4.78 is 36.4. The highest BCUT2D eigenvalue weighted by atomic mass is 127. The minimum absolute atomic E-state index is 0. The lowest BCUT2D eigenvalue weighted by molar-refractivity contribution is -0.132. The molecule has 27 heavy (non-hydrogen) atoms. The molecule has 7 nitrogen and oxygen atoms in total. The van der Waals surface area contributed by atoms with Crippen LogP contribution < -0.4 is 15.5 Å². The van der Waals surface area contributed by atoms with Crippen molar-refractivity contribution < 1.29 is 13.2 Å². The van der Waals surface area contributed by atoms with Gasteiger partial charge in [-0.2, -0.15) is 13.2 Å². The number of guanidine groups is 1. The molecule has 1 aliphatic rings. The highest BCUT2D eigenvalue weighted by Gasteiger charge is 2.26. The first-order chi connectivity index (χ1) is 12.5. The quantitative estimate of drug-likeness (QED) is 0.257. The van der Waals surface area contributed by atoms with E-state index in [1.54, 1.807) is 25.5 Å². The molecule has 11 heteroatoms. The lowest BCUT2D eigenvalue weighted by atomic mass is 10.3. The second-order valence-corrected chi connectivity index (χ2v) is 6.02. The molecule has 1 aromatic heterocycles. The Morgan fingerprint density at radius 2 is 1.74 bits per heavy atom. The number of anilines is 1. The molecule has 1 saturated heterocycles. The van der Waals surface area contributed by atoms with E-state index in [1.165, 1.54) is 0 Å². The summed E-state index contributed by atoms with van der Waals surface area (Å²) >= 11 is 0. The predicted octanol–water partition coefficient (Wildman–Crippen LogP) is 1.72. The van der Waals surface area contributed by atoms with Crippen molar-refractivity contribution in [1.82, 2.24) is 25.5 Å². The average Bonchev–Trinajstić information content (AvgIpc) is 2.64. The Kier molecular flexibility index (Phi) is 10.7. The van der Waals surface area contributed by atoms with Gasteiger partial charge in [0.2, 0.25) is 5.95 Å². The first-order valence-corrected chi connectivity index (χ1v) is 8.73. The van der Waals surface area contributed by atoms with Crippen LogP contribution in [0.15, 0.2) is 23.5 Å². The third-order valence-electron chi connectivity index (χ3n) is 4.08. The zero-order chi connectivity index (χ0) is 18.8. The molecule has 0 spiro atoms. The molecule has 0 bridgehead atoms. The average molecular weight is 501 g/mol. The van der Waals surface area contributed by atoms with E-state index in [-0.39, 0.29) is 30.5 Å². The SMILES string of the molecule is CN=C(NCCCN1CCN(c2ncccn2)CC1)NCCC(F)(F)F.I. The van der Waals surface area contributed by atoms with Gasteiger partial charge in [0.05, 0.1) is 6.42 Å². The Bertz CT molecular complexity index is 549. The minimum atomic E-state index is -4.15. The van der Waals surface area contributed by atoms with Crippen LogP contribution in [0.2, 0.25) is 0 Å². The number of alkyl halides is 3. The molecule has 154 valence electrons. The number of aliphatic imine (C=N–C) groups is 1. The fourth-order valence-electron chi connectivity index (χ4n) is 2.68. The normalized spacial score (nSPS) is 16.0. The predicted molar refractivity (Wildman–Crippen MR) is 111 cm³/mol. The van der Waals surface area contributed by atoms with Crippen LogP contribution in [0.4, 0.5) is 19.1 Å². The van der Waals surface area contributed by atoms with E-state index in [0.717, 1.165) is 45.1 Å². The molecule has 2 rings (SSSR count). The van der Waals surface area contributed by atoms with Crippen LogP contribution >= 0.6 is 24.0 Å². The van der Waals surface area contributed by atoms with Crippen LogP contribution in [-0.2, 0) is 0 Å². The molecular formula is C16H27F3IN7. The summed E-state index contributed by atoms with van der Waals surface area (Å²) in [5.41, 5.74) is 0. The summed E-state index contributed by atoms with van der Waals surface area (Å²) in [4.78, 5) is 17.0. The number of halogens is 4. The molecule has 0 atom stereocenters. The Morgan fingerprint density at radius 3 is 2.33 bits per heavy atom. The van der Waals surface area contributed by atoms with E-state index in [0.29, 0.717) is 12.5 Å². The Morgan fingerprint density at radius 1 is 1.11 bits per heavy atom. The maximum absolute atomic E-state index is 12.1. The van der Waals surface area contributed by atoms with Crippen LogP contribution in [0.1, 0.15) is 12.8 Å². The minimum Gasteiger partial charge on any atom is -0.356 e. The van der Waals surface area contributed by atoms with Crippen LogP contribution in [0.25, 0.3) is 0 Å². The van der Waals surface area contributed by atoms with Crippen molar-refractivity contribution in [2.24, 2.45) is 4.99 Å². The van der Waals surface area contributed by atoms with Gasteiger partial charge in [-0.05, 0) is 19.0 Å². The van der Waals surface area contributed by atoms with E-state index in [2.05, 4.69) is 35.4 Å². The monoisotopic (exact) mass is 501 g/mol. The molecule has 1 aromatic rings. The third kappa shape index (κ3) is 9.40. The maximum Gasteiger partial charge on any atom is 0.390 e. The molecule has 0 radical (unpaired) electrons. The van der Waals surface area contributed by atoms with Gasteiger partial charge in [0.15, 0.2) is 5.96 Å². The second-order valence-electron chi connectivity index (χ2n) is 6.02. The van der Waals surface area contributed by atoms with Gasteiger partial charge < -0.3 is 15.5 Å². The first kappa shape index (κ1) is 23.7. The number of aromatic nitrogens is 2. The second kappa shape index (κ2) is 12.2. The van der Waals surface area contributed by atoms with Crippen LogP contribution in [0.3, 0.4) is 0 Å². The van der Waals surface area contributed by atoms with Crippen molar-refractivity contribution in [3.63, 3.8) is 0 Å². The summed E-state index contributed by atoms with van der Waals surface area (Å²) in [6, 6.07) is 1.80. The van der Waals surface area contributed by atoms with Gasteiger partial charge in [0.1, 0.15) is 0 Å². The van der Waals surface area contributed by atoms with Gasteiger partial charge in [-0.1, -0.05) is 0 Å².